The minimum absolute atomic E-state index is 0.0684. The van der Waals surface area contributed by atoms with E-state index in [1.165, 1.54) is 7.11 Å². The van der Waals surface area contributed by atoms with Crippen LogP contribution < -0.4 is 4.74 Å². The number of aryl methyl sites for hydroxylation is 1. The maximum atomic E-state index is 12.1. The first-order valence-electron chi connectivity index (χ1n) is 5.96. The Bertz CT molecular complexity index is 570. The van der Waals surface area contributed by atoms with Crippen molar-refractivity contribution in [2.45, 2.75) is 12.8 Å². The Morgan fingerprint density at radius 1 is 1.37 bits per heavy atom. The lowest BCUT2D eigenvalue weighted by atomic mass is 10.0. The van der Waals surface area contributed by atoms with Crippen molar-refractivity contribution in [3.05, 3.63) is 58.9 Å². The van der Waals surface area contributed by atoms with Gasteiger partial charge in [-0.1, -0.05) is 17.7 Å². The normalized spacial score (nSPS) is 10.2. The molecule has 19 heavy (non-hydrogen) atoms. The Morgan fingerprint density at radius 2 is 2.21 bits per heavy atom. The molecule has 1 aromatic heterocycles. The largest absolute Gasteiger partial charge is 0.495 e. The van der Waals surface area contributed by atoms with E-state index < -0.39 is 0 Å². The molecule has 0 saturated heterocycles. The summed E-state index contributed by atoms with van der Waals surface area (Å²) >= 11 is 5.93. The molecule has 0 radical (unpaired) electrons. The summed E-state index contributed by atoms with van der Waals surface area (Å²) in [7, 11) is 1.53. The standard InChI is InChI=1S/C15H14ClNO2/c1-19-15-9-12(5-6-13(15)16)14(18)7-4-11-3-2-8-17-10-11/h2-3,5-6,8-10H,4,7H2,1H3. The van der Waals surface area contributed by atoms with Crippen LogP contribution in [0.2, 0.25) is 5.02 Å². The van der Waals surface area contributed by atoms with Gasteiger partial charge in [0.25, 0.3) is 0 Å². The molecule has 0 saturated carbocycles. The predicted molar refractivity (Wildman–Crippen MR) is 74.9 cm³/mol. The summed E-state index contributed by atoms with van der Waals surface area (Å²) in [4.78, 5) is 16.1. The van der Waals surface area contributed by atoms with Crippen LogP contribution in [-0.2, 0) is 6.42 Å². The molecule has 0 aliphatic carbocycles. The minimum Gasteiger partial charge on any atom is -0.495 e. The molecule has 0 bridgehead atoms. The summed E-state index contributed by atoms with van der Waals surface area (Å²) in [5.41, 5.74) is 1.67. The molecule has 0 atom stereocenters. The molecule has 4 heteroatoms. The fourth-order valence-corrected chi connectivity index (χ4v) is 1.98. The maximum Gasteiger partial charge on any atom is 0.163 e. The number of halogens is 1. The lowest BCUT2D eigenvalue weighted by molar-refractivity contribution is 0.0982. The van der Waals surface area contributed by atoms with Crippen LogP contribution in [0.4, 0.5) is 0 Å². The molecule has 1 aromatic carbocycles. The van der Waals surface area contributed by atoms with E-state index in [0.29, 0.717) is 29.2 Å². The van der Waals surface area contributed by atoms with Crippen LogP contribution in [0.3, 0.4) is 0 Å². The van der Waals surface area contributed by atoms with Crippen molar-refractivity contribution in [3.8, 4) is 5.75 Å². The summed E-state index contributed by atoms with van der Waals surface area (Å²) in [5.74, 6) is 0.590. The minimum atomic E-state index is 0.0684. The molecule has 3 nitrogen and oxygen atoms in total. The van der Waals surface area contributed by atoms with Crippen molar-refractivity contribution in [2.24, 2.45) is 0 Å². The molecule has 0 spiro atoms. The van der Waals surface area contributed by atoms with Gasteiger partial charge >= 0.3 is 0 Å². The highest BCUT2D eigenvalue weighted by molar-refractivity contribution is 6.32. The van der Waals surface area contributed by atoms with Crippen LogP contribution in [0.5, 0.6) is 5.75 Å². The van der Waals surface area contributed by atoms with Gasteiger partial charge in [-0.3, -0.25) is 9.78 Å². The summed E-state index contributed by atoms with van der Waals surface area (Å²) in [5, 5.41) is 0.506. The number of hydrogen-bond donors (Lipinski definition) is 0. The van der Waals surface area contributed by atoms with Gasteiger partial charge < -0.3 is 4.74 Å². The number of Topliss-reactive ketones (excluding diaryl/α,β-unsaturated/α-hetero) is 1. The third-order valence-corrected chi connectivity index (χ3v) is 3.15. The first kappa shape index (κ1) is 13.6. The van der Waals surface area contributed by atoms with Gasteiger partial charge in [0, 0.05) is 24.4 Å². The molecule has 0 aliphatic rings. The van der Waals surface area contributed by atoms with Gasteiger partial charge in [-0.15, -0.1) is 0 Å². The van der Waals surface area contributed by atoms with Gasteiger partial charge in [0.2, 0.25) is 0 Å². The summed E-state index contributed by atoms with van der Waals surface area (Å²) < 4.78 is 5.10. The van der Waals surface area contributed by atoms with Crippen molar-refractivity contribution in [3.63, 3.8) is 0 Å². The lowest BCUT2D eigenvalue weighted by Gasteiger charge is -2.06. The molecular formula is C15H14ClNO2. The summed E-state index contributed by atoms with van der Waals surface area (Å²) in [6.45, 7) is 0. The number of carbonyl (C=O) groups is 1. The highest BCUT2D eigenvalue weighted by atomic mass is 35.5. The Kier molecular flexibility index (Phi) is 4.53. The zero-order valence-electron chi connectivity index (χ0n) is 10.6. The summed E-state index contributed by atoms with van der Waals surface area (Å²) in [6, 6.07) is 8.90. The molecule has 98 valence electrons. The number of ether oxygens (including phenoxy) is 1. The van der Waals surface area contributed by atoms with E-state index >= 15 is 0 Å². The molecule has 0 unspecified atom stereocenters. The number of hydrogen-bond acceptors (Lipinski definition) is 3. The van der Waals surface area contributed by atoms with Crippen LogP contribution in [0.1, 0.15) is 22.3 Å². The zero-order valence-corrected chi connectivity index (χ0v) is 11.4. The third-order valence-electron chi connectivity index (χ3n) is 2.84. The smallest absolute Gasteiger partial charge is 0.163 e. The number of aromatic nitrogens is 1. The van der Waals surface area contributed by atoms with Crippen LogP contribution in [0, 0.1) is 0 Å². The van der Waals surface area contributed by atoms with Crippen LogP contribution >= 0.6 is 11.6 Å². The molecular weight excluding hydrogens is 262 g/mol. The fraction of sp³-hybridized carbons (Fsp3) is 0.200. The highest BCUT2D eigenvalue weighted by Crippen LogP contribution is 2.25. The van der Waals surface area contributed by atoms with Gasteiger partial charge in [-0.25, -0.2) is 0 Å². The molecule has 0 fully saturated rings. The predicted octanol–water partition coefficient (Wildman–Crippen LogP) is 3.56. The quantitative estimate of drug-likeness (QED) is 0.783. The zero-order chi connectivity index (χ0) is 13.7. The van der Waals surface area contributed by atoms with Crippen LogP contribution in [0.15, 0.2) is 42.7 Å². The van der Waals surface area contributed by atoms with E-state index in [4.69, 9.17) is 16.3 Å². The molecule has 0 aliphatic heterocycles. The average molecular weight is 276 g/mol. The van der Waals surface area contributed by atoms with Crippen LogP contribution in [0.25, 0.3) is 0 Å². The van der Waals surface area contributed by atoms with Gasteiger partial charge in [0.1, 0.15) is 5.75 Å². The Hall–Kier alpha value is -1.87. The number of methoxy groups -OCH3 is 1. The molecule has 2 aromatic rings. The first-order valence-corrected chi connectivity index (χ1v) is 6.34. The fourth-order valence-electron chi connectivity index (χ4n) is 1.78. The van der Waals surface area contributed by atoms with Gasteiger partial charge in [-0.05, 0) is 36.2 Å². The molecule has 0 N–H and O–H groups in total. The topological polar surface area (TPSA) is 39.2 Å². The van der Waals surface area contributed by atoms with Crippen molar-refractivity contribution in [1.82, 2.24) is 4.98 Å². The number of nitrogens with zero attached hydrogens (tertiary/aromatic N) is 1. The Labute approximate surface area is 117 Å². The monoisotopic (exact) mass is 275 g/mol. The van der Waals surface area contributed by atoms with Gasteiger partial charge in [0.15, 0.2) is 5.78 Å². The van der Waals surface area contributed by atoms with Crippen molar-refractivity contribution < 1.29 is 9.53 Å². The molecule has 2 rings (SSSR count). The van der Waals surface area contributed by atoms with Crippen molar-refractivity contribution in [1.29, 1.82) is 0 Å². The van der Waals surface area contributed by atoms with Crippen molar-refractivity contribution in [2.75, 3.05) is 7.11 Å². The van der Waals surface area contributed by atoms with E-state index in [1.54, 1.807) is 30.6 Å². The Morgan fingerprint density at radius 3 is 2.89 bits per heavy atom. The van der Waals surface area contributed by atoms with Crippen LogP contribution in [-0.4, -0.2) is 17.9 Å². The number of benzene rings is 1. The SMILES string of the molecule is COc1cc(C(=O)CCc2cccnc2)ccc1Cl. The average Bonchev–Trinajstić information content (AvgIpc) is 2.46. The summed E-state index contributed by atoms with van der Waals surface area (Å²) in [6.07, 6.45) is 4.61. The third kappa shape index (κ3) is 3.55. The number of rotatable bonds is 5. The van der Waals surface area contributed by atoms with E-state index in [2.05, 4.69) is 4.98 Å². The molecule has 1 heterocycles. The molecule has 0 amide bonds. The number of pyridine rings is 1. The second kappa shape index (κ2) is 6.34. The van der Waals surface area contributed by atoms with Gasteiger partial charge in [0.05, 0.1) is 12.1 Å². The second-order valence-corrected chi connectivity index (χ2v) is 4.54. The van der Waals surface area contributed by atoms with Gasteiger partial charge in [-0.2, -0.15) is 0 Å². The number of ketones is 1. The maximum absolute atomic E-state index is 12.1. The van der Waals surface area contributed by atoms with Crippen molar-refractivity contribution >= 4 is 17.4 Å². The Balaban J connectivity index is 2.04. The van der Waals surface area contributed by atoms with E-state index in [-0.39, 0.29) is 5.78 Å². The second-order valence-electron chi connectivity index (χ2n) is 4.13. The van der Waals surface area contributed by atoms with E-state index in [1.807, 2.05) is 12.1 Å². The van der Waals surface area contributed by atoms with E-state index in [0.717, 1.165) is 5.56 Å². The van der Waals surface area contributed by atoms with E-state index in [9.17, 15) is 4.79 Å². The highest BCUT2D eigenvalue weighted by Gasteiger charge is 2.09. The lowest BCUT2D eigenvalue weighted by Crippen LogP contribution is -2.02. The first-order chi connectivity index (χ1) is 9.20. The number of carbonyl (C=O) groups excluding carboxylic acids is 1.